The summed E-state index contributed by atoms with van der Waals surface area (Å²) in [7, 11) is 0. The number of ketones is 1. The number of anilines is 2. The van der Waals surface area contributed by atoms with E-state index in [-0.39, 0.29) is 28.9 Å². The lowest BCUT2D eigenvalue weighted by atomic mass is 10.1. The molecule has 0 atom stereocenters. The zero-order valence-corrected chi connectivity index (χ0v) is 19.4. The van der Waals surface area contributed by atoms with Crippen molar-refractivity contribution in [3.05, 3.63) is 58.0 Å². The molecule has 2 rings (SSSR count). The third-order valence-electron chi connectivity index (χ3n) is 4.72. The number of aryl methyl sites for hydroxylation is 1. The molecule has 0 radical (unpaired) electrons. The third-order valence-corrected chi connectivity index (χ3v) is 4.72. The molecular formula is C24H32N6O3. The minimum atomic E-state index is -0.389. The first-order chi connectivity index (χ1) is 15.8. The van der Waals surface area contributed by atoms with Gasteiger partial charge in [-0.2, -0.15) is 0 Å². The minimum absolute atomic E-state index is 0.0561. The predicted molar refractivity (Wildman–Crippen MR) is 132 cm³/mol. The Kier molecular flexibility index (Phi) is 10.0. The van der Waals surface area contributed by atoms with Gasteiger partial charge in [0.2, 0.25) is 5.95 Å². The van der Waals surface area contributed by atoms with Gasteiger partial charge in [-0.1, -0.05) is 19.4 Å². The molecule has 9 heteroatoms. The Hall–Kier alpha value is -3.75. The molecule has 5 N–H and O–H groups in total. The van der Waals surface area contributed by atoms with Crippen LogP contribution in [0.2, 0.25) is 0 Å². The number of nitrogens with two attached hydrogens (primary N) is 1. The summed E-state index contributed by atoms with van der Waals surface area (Å²) in [6.45, 7) is 6.14. The highest BCUT2D eigenvalue weighted by molar-refractivity contribution is 6.00. The maximum Gasteiger partial charge on any atom is 0.278 e. The molecule has 2 aromatic rings. The number of nitrogen functional groups attached to an aromatic ring is 1. The van der Waals surface area contributed by atoms with E-state index >= 15 is 0 Å². The minimum Gasteiger partial charge on any atom is -0.379 e. The summed E-state index contributed by atoms with van der Waals surface area (Å²) in [6.07, 6.45) is 6.86. The largest absolute Gasteiger partial charge is 0.379 e. The highest BCUT2D eigenvalue weighted by Gasteiger charge is 2.08. The summed E-state index contributed by atoms with van der Waals surface area (Å²) < 4.78 is 0. The Balaban J connectivity index is 2.06. The molecule has 0 aliphatic heterocycles. The van der Waals surface area contributed by atoms with E-state index in [0.717, 1.165) is 18.5 Å². The molecule has 176 valence electrons. The molecule has 1 amide bonds. The molecule has 0 saturated carbocycles. The number of benzene rings is 1. The standard InChI is InChI=1S/C24H32N6O3/c1-4-5-6-9-20(29-21-17(3)28-24(25)30-23(21)33)15-27-19-12-10-18(11-13-19)22(32)26-14-7-8-16(2)31/h6,9-13,27H,4-5,7-8,14-15H2,1-3H3,(H,26,32)(H3,25,28,30,33)/b9-6+,29-20?. The smallest absolute Gasteiger partial charge is 0.278 e. The molecule has 33 heavy (non-hydrogen) atoms. The van der Waals surface area contributed by atoms with Crippen LogP contribution in [-0.4, -0.2) is 40.5 Å². The lowest BCUT2D eigenvalue weighted by Gasteiger charge is -2.09. The highest BCUT2D eigenvalue weighted by atomic mass is 16.1. The van der Waals surface area contributed by atoms with Crippen LogP contribution >= 0.6 is 0 Å². The predicted octanol–water partition coefficient (Wildman–Crippen LogP) is 3.30. The number of unbranched alkanes of at least 4 members (excludes halogenated alkanes) is 1. The second kappa shape index (κ2) is 12.9. The molecule has 9 nitrogen and oxygen atoms in total. The number of hydrogen-bond acceptors (Lipinski definition) is 7. The van der Waals surface area contributed by atoms with Gasteiger partial charge in [0.15, 0.2) is 0 Å². The fraction of sp³-hybridized carbons (Fsp3) is 0.375. The molecule has 0 spiro atoms. The topological polar surface area (TPSA) is 142 Å². The summed E-state index contributed by atoms with van der Waals surface area (Å²) in [6, 6.07) is 7.07. The van der Waals surface area contributed by atoms with Crippen molar-refractivity contribution in [2.75, 3.05) is 24.1 Å². The van der Waals surface area contributed by atoms with Crippen molar-refractivity contribution in [3.63, 3.8) is 0 Å². The van der Waals surface area contributed by atoms with E-state index in [1.54, 1.807) is 31.2 Å². The quantitative estimate of drug-likeness (QED) is 0.287. The van der Waals surface area contributed by atoms with Crippen molar-refractivity contribution >= 4 is 34.7 Å². The zero-order chi connectivity index (χ0) is 24.2. The van der Waals surface area contributed by atoms with Crippen LogP contribution in [0.4, 0.5) is 17.3 Å². The first-order valence-electron chi connectivity index (χ1n) is 11.0. The maximum atomic E-state index is 12.2. The Bertz CT molecular complexity index is 1070. The maximum absolute atomic E-state index is 12.2. The molecule has 0 unspecified atom stereocenters. The molecule has 1 aromatic heterocycles. The Morgan fingerprint density at radius 3 is 2.61 bits per heavy atom. The van der Waals surface area contributed by atoms with Crippen LogP contribution < -0.4 is 21.9 Å². The van der Waals surface area contributed by atoms with Gasteiger partial charge in [0.25, 0.3) is 11.5 Å². The molecule has 0 aliphatic rings. The van der Waals surface area contributed by atoms with Crippen LogP contribution in [0.15, 0.2) is 46.2 Å². The van der Waals surface area contributed by atoms with Gasteiger partial charge in [0.1, 0.15) is 11.5 Å². The number of nitrogens with one attached hydrogen (secondary N) is 3. The molecule has 1 heterocycles. The first-order valence-corrected chi connectivity index (χ1v) is 11.0. The van der Waals surface area contributed by atoms with Crippen molar-refractivity contribution in [2.45, 2.75) is 46.5 Å². The van der Waals surface area contributed by atoms with E-state index in [1.807, 2.05) is 12.2 Å². The van der Waals surface area contributed by atoms with Gasteiger partial charge in [-0.3, -0.25) is 14.6 Å². The lowest BCUT2D eigenvalue weighted by molar-refractivity contribution is -0.117. The van der Waals surface area contributed by atoms with Crippen molar-refractivity contribution in [3.8, 4) is 0 Å². The van der Waals surface area contributed by atoms with Crippen LogP contribution in [0, 0.1) is 6.92 Å². The van der Waals surface area contributed by atoms with Gasteiger partial charge in [0.05, 0.1) is 18.0 Å². The van der Waals surface area contributed by atoms with Gasteiger partial charge < -0.3 is 21.2 Å². The third kappa shape index (κ3) is 8.72. The number of carbonyl (C=O) groups excluding carboxylic acids is 2. The molecule has 0 bridgehead atoms. The van der Waals surface area contributed by atoms with E-state index in [4.69, 9.17) is 5.73 Å². The molecule has 1 aromatic carbocycles. The first kappa shape index (κ1) is 25.5. The number of nitrogens with zero attached hydrogens (tertiary/aromatic N) is 2. The van der Waals surface area contributed by atoms with Crippen LogP contribution in [0.1, 0.15) is 55.6 Å². The second-order valence-corrected chi connectivity index (χ2v) is 7.67. The normalized spacial score (nSPS) is 11.5. The summed E-state index contributed by atoms with van der Waals surface area (Å²) in [5.74, 6) is -0.0134. The van der Waals surface area contributed by atoms with Gasteiger partial charge >= 0.3 is 0 Å². The van der Waals surface area contributed by atoms with Crippen molar-refractivity contribution in [2.24, 2.45) is 4.99 Å². The van der Waals surface area contributed by atoms with Crippen LogP contribution in [-0.2, 0) is 4.79 Å². The van der Waals surface area contributed by atoms with Crippen LogP contribution in [0.25, 0.3) is 0 Å². The van der Waals surface area contributed by atoms with E-state index in [1.165, 1.54) is 6.92 Å². The monoisotopic (exact) mass is 452 g/mol. The summed E-state index contributed by atoms with van der Waals surface area (Å²) in [5.41, 5.74) is 7.88. The Morgan fingerprint density at radius 1 is 1.24 bits per heavy atom. The number of aliphatic imine (C=N–C) groups is 1. The lowest BCUT2D eigenvalue weighted by Crippen LogP contribution is -2.24. The number of hydrogen-bond donors (Lipinski definition) is 4. The van der Waals surface area contributed by atoms with Crippen molar-refractivity contribution in [1.82, 2.24) is 15.3 Å². The van der Waals surface area contributed by atoms with E-state index in [2.05, 4.69) is 32.5 Å². The van der Waals surface area contributed by atoms with Crippen molar-refractivity contribution < 1.29 is 9.59 Å². The number of allylic oxidation sites excluding steroid dienone is 1. The second-order valence-electron chi connectivity index (χ2n) is 7.67. The molecule has 0 fully saturated rings. The number of aromatic nitrogens is 2. The summed E-state index contributed by atoms with van der Waals surface area (Å²) >= 11 is 0. The number of Topliss-reactive ketones (excluding diaryl/α,β-unsaturated/α-hetero) is 1. The fourth-order valence-corrected chi connectivity index (χ4v) is 2.97. The Morgan fingerprint density at radius 2 is 1.97 bits per heavy atom. The number of carbonyl (C=O) groups is 2. The van der Waals surface area contributed by atoms with Gasteiger partial charge in [-0.15, -0.1) is 0 Å². The number of H-pyrrole nitrogens is 1. The van der Waals surface area contributed by atoms with Crippen LogP contribution in [0.5, 0.6) is 0 Å². The number of rotatable bonds is 12. The molecule has 0 saturated heterocycles. The average molecular weight is 453 g/mol. The molecular weight excluding hydrogens is 420 g/mol. The van der Waals surface area contributed by atoms with E-state index in [0.29, 0.717) is 42.9 Å². The van der Waals surface area contributed by atoms with Gasteiger partial charge in [-0.25, -0.2) is 9.98 Å². The van der Waals surface area contributed by atoms with Crippen LogP contribution in [0.3, 0.4) is 0 Å². The Labute approximate surface area is 193 Å². The molecule has 0 aliphatic carbocycles. The summed E-state index contributed by atoms with van der Waals surface area (Å²) in [5, 5.41) is 6.07. The number of amides is 1. The van der Waals surface area contributed by atoms with Gasteiger partial charge in [-0.05, 0) is 57.0 Å². The van der Waals surface area contributed by atoms with Crippen molar-refractivity contribution in [1.29, 1.82) is 0 Å². The highest BCUT2D eigenvalue weighted by Crippen LogP contribution is 2.13. The zero-order valence-electron chi connectivity index (χ0n) is 19.4. The average Bonchev–Trinajstić information content (AvgIpc) is 2.77. The SMILES string of the molecule is CCC/C=C/C(CNc1ccc(C(=O)NCCCC(C)=O)cc1)=Nc1c(C)nc(N)[nH]c1=O. The van der Waals surface area contributed by atoms with E-state index in [9.17, 15) is 14.4 Å². The summed E-state index contributed by atoms with van der Waals surface area (Å²) in [4.78, 5) is 46.5. The number of aromatic amines is 1. The fourth-order valence-electron chi connectivity index (χ4n) is 2.97. The van der Waals surface area contributed by atoms with E-state index < -0.39 is 0 Å². The van der Waals surface area contributed by atoms with Gasteiger partial charge in [0, 0.05) is 24.2 Å².